The van der Waals surface area contributed by atoms with Crippen molar-refractivity contribution < 1.29 is 4.74 Å². The zero-order valence-electron chi connectivity index (χ0n) is 12.5. The Morgan fingerprint density at radius 3 is 2.41 bits per heavy atom. The number of fused-ring (bicyclic) bond motifs is 1. The number of benzene rings is 2. The largest absolute Gasteiger partial charge is 0.492 e. The number of hydrogen-bond donors (Lipinski definition) is 0. The first-order valence-electron chi connectivity index (χ1n) is 7.46. The van der Waals surface area contributed by atoms with Gasteiger partial charge in [-0.05, 0) is 24.6 Å². The number of hydrogen-bond acceptors (Lipinski definition) is 3. The van der Waals surface area contributed by atoms with E-state index in [-0.39, 0.29) is 5.56 Å². The molecule has 0 saturated heterocycles. The van der Waals surface area contributed by atoms with Crippen molar-refractivity contribution in [1.82, 2.24) is 9.78 Å². The molecule has 4 heteroatoms. The Balaban J connectivity index is 1.85. The lowest BCUT2D eigenvalue weighted by atomic mass is 10.1. The zero-order valence-corrected chi connectivity index (χ0v) is 12.5. The first kappa shape index (κ1) is 14.3. The van der Waals surface area contributed by atoms with E-state index in [1.165, 1.54) is 4.68 Å². The molecule has 22 heavy (non-hydrogen) atoms. The monoisotopic (exact) mass is 294 g/mol. The molecule has 0 amide bonds. The summed E-state index contributed by atoms with van der Waals surface area (Å²) in [4.78, 5) is 12.5. The fourth-order valence-electron chi connectivity index (χ4n) is 2.48. The minimum atomic E-state index is -0.0653. The molecule has 0 radical (unpaired) electrons. The van der Waals surface area contributed by atoms with Gasteiger partial charge < -0.3 is 4.74 Å². The molecule has 0 atom stereocenters. The van der Waals surface area contributed by atoms with E-state index in [4.69, 9.17) is 4.74 Å². The number of aromatic nitrogens is 2. The highest BCUT2D eigenvalue weighted by molar-refractivity contribution is 5.83. The molecule has 1 aromatic heterocycles. The van der Waals surface area contributed by atoms with Crippen LogP contribution < -0.4 is 10.3 Å². The summed E-state index contributed by atoms with van der Waals surface area (Å²) in [6.45, 7) is 2.90. The highest BCUT2D eigenvalue weighted by Crippen LogP contribution is 2.13. The van der Waals surface area contributed by atoms with Crippen LogP contribution in [0, 0.1) is 0 Å². The van der Waals surface area contributed by atoms with Gasteiger partial charge in [0, 0.05) is 5.39 Å². The van der Waals surface area contributed by atoms with E-state index in [1.54, 1.807) is 0 Å². The van der Waals surface area contributed by atoms with Gasteiger partial charge >= 0.3 is 0 Å². The second kappa shape index (κ2) is 6.43. The molecule has 0 unspecified atom stereocenters. The topological polar surface area (TPSA) is 44.1 Å². The molecular weight excluding hydrogens is 276 g/mol. The Bertz CT molecular complexity index is 825. The molecule has 0 aliphatic rings. The lowest BCUT2D eigenvalue weighted by Crippen LogP contribution is -2.27. The van der Waals surface area contributed by atoms with Gasteiger partial charge in [0.2, 0.25) is 0 Å². The van der Waals surface area contributed by atoms with Gasteiger partial charge in [-0.15, -0.1) is 0 Å². The maximum absolute atomic E-state index is 12.5. The third-order valence-corrected chi connectivity index (χ3v) is 3.59. The second-order valence-electron chi connectivity index (χ2n) is 5.04. The maximum atomic E-state index is 12.5. The van der Waals surface area contributed by atoms with E-state index in [2.05, 4.69) is 5.10 Å². The summed E-state index contributed by atoms with van der Waals surface area (Å²) < 4.78 is 7.15. The smallest absolute Gasteiger partial charge is 0.274 e. The average Bonchev–Trinajstić information content (AvgIpc) is 2.58. The number of ether oxygens (including phenoxy) is 1. The van der Waals surface area contributed by atoms with Crippen molar-refractivity contribution in [3.63, 3.8) is 0 Å². The Labute approximate surface area is 129 Å². The van der Waals surface area contributed by atoms with E-state index in [0.717, 1.165) is 23.3 Å². The van der Waals surface area contributed by atoms with E-state index >= 15 is 0 Å². The Hall–Kier alpha value is -2.62. The molecule has 4 nitrogen and oxygen atoms in total. The fourth-order valence-corrected chi connectivity index (χ4v) is 2.48. The molecule has 0 aliphatic carbocycles. The van der Waals surface area contributed by atoms with Crippen molar-refractivity contribution >= 4 is 10.8 Å². The lowest BCUT2D eigenvalue weighted by Gasteiger charge is -2.11. The molecule has 3 rings (SSSR count). The summed E-state index contributed by atoms with van der Waals surface area (Å²) in [7, 11) is 0. The lowest BCUT2D eigenvalue weighted by molar-refractivity contribution is 0.287. The van der Waals surface area contributed by atoms with Crippen LogP contribution >= 0.6 is 0 Å². The maximum Gasteiger partial charge on any atom is 0.274 e. The molecule has 0 bridgehead atoms. The molecule has 112 valence electrons. The van der Waals surface area contributed by atoms with Crippen LogP contribution in [0.15, 0.2) is 59.4 Å². The third-order valence-electron chi connectivity index (χ3n) is 3.59. The number of para-hydroxylation sites is 1. The van der Waals surface area contributed by atoms with Gasteiger partial charge in [-0.1, -0.05) is 43.3 Å². The average molecular weight is 294 g/mol. The van der Waals surface area contributed by atoms with Crippen LogP contribution in [-0.4, -0.2) is 16.4 Å². The van der Waals surface area contributed by atoms with Crippen molar-refractivity contribution in [1.29, 1.82) is 0 Å². The predicted octanol–water partition coefficient (Wildman–Crippen LogP) is 3.04. The summed E-state index contributed by atoms with van der Waals surface area (Å²) in [6.07, 6.45) is 0.792. The molecule has 0 aliphatic heterocycles. The van der Waals surface area contributed by atoms with Crippen molar-refractivity contribution in [2.45, 2.75) is 19.9 Å². The third kappa shape index (κ3) is 2.86. The van der Waals surface area contributed by atoms with Gasteiger partial charge in [0.15, 0.2) is 0 Å². The van der Waals surface area contributed by atoms with Crippen molar-refractivity contribution in [3.8, 4) is 5.75 Å². The van der Waals surface area contributed by atoms with Crippen LogP contribution in [0.25, 0.3) is 10.8 Å². The van der Waals surface area contributed by atoms with Crippen LogP contribution in [0.2, 0.25) is 0 Å². The minimum Gasteiger partial charge on any atom is -0.492 e. The standard InChI is InChI=1S/C18H18N2O2/c1-2-17-15-10-6-7-11-16(15)18(21)20(19-17)12-13-22-14-8-4-3-5-9-14/h3-11H,2,12-13H2,1H3. The Kier molecular flexibility index (Phi) is 4.19. The first-order chi connectivity index (χ1) is 10.8. The molecule has 2 aromatic carbocycles. The van der Waals surface area contributed by atoms with E-state index in [9.17, 15) is 4.79 Å². The molecule has 0 N–H and O–H groups in total. The Morgan fingerprint density at radius 2 is 1.68 bits per heavy atom. The van der Waals surface area contributed by atoms with Crippen LogP contribution in [0.5, 0.6) is 5.75 Å². The number of nitrogens with zero attached hydrogens (tertiary/aromatic N) is 2. The predicted molar refractivity (Wildman–Crippen MR) is 87.3 cm³/mol. The first-order valence-corrected chi connectivity index (χ1v) is 7.46. The summed E-state index contributed by atoms with van der Waals surface area (Å²) in [6, 6.07) is 17.2. The van der Waals surface area contributed by atoms with E-state index in [0.29, 0.717) is 18.5 Å². The molecule has 1 heterocycles. The number of rotatable bonds is 5. The quantitative estimate of drug-likeness (QED) is 0.726. The number of aryl methyl sites for hydroxylation is 1. The van der Waals surface area contributed by atoms with Gasteiger partial charge in [-0.2, -0.15) is 5.10 Å². The van der Waals surface area contributed by atoms with Crippen LogP contribution in [-0.2, 0) is 13.0 Å². The molecule has 0 saturated carbocycles. The summed E-state index contributed by atoms with van der Waals surface area (Å²) in [5, 5.41) is 6.13. The van der Waals surface area contributed by atoms with Crippen molar-refractivity contribution in [3.05, 3.63) is 70.6 Å². The van der Waals surface area contributed by atoms with Crippen molar-refractivity contribution in [2.75, 3.05) is 6.61 Å². The van der Waals surface area contributed by atoms with Gasteiger partial charge in [0.1, 0.15) is 12.4 Å². The van der Waals surface area contributed by atoms with Crippen LogP contribution in [0.1, 0.15) is 12.6 Å². The van der Waals surface area contributed by atoms with E-state index in [1.807, 2.05) is 61.5 Å². The highest BCUT2D eigenvalue weighted by Gasteiger charge is 2.08. The zero-order chi connectivity index (χ0) is 15.4. The summed E-state index contributed by atoms with van der Waals surface area (Å²) in [5.41, 5.74) is 0.874. The SMILES string of the molecule is CCc1nn(CCOc2ccccc2)c(=O)c2ccccc12. The van der Waals surface area contributed by atoms with E-state index < -0.39 is 0 Å². The van der Waals surface area contributed by atoms with Crippen LogP contribution in [0.4, 0.5) is 0 Å². The normalized spacial score (nSPS) is 10.8. The van der Waals surface area contributed by atoms with Crippen molar-refractivity contribution in [2.24, 2.45) is 0 Å². The van der Waals surface area contributed by atoms with Crippen LogP contribution in [0.3, 0.4) is 0 Å². The highest BCUT2D eigenvalue weighted by atomic mass is 16.5. The summed E-state index contributed by atoms with van der Waals surface area (Å²) >= 11 is 0. The Morgan fingerprint density at radius 1 is 1.00 bits per heavy atom. The minimum absolute atomic E-state index is 0.0653. The second-order valence-corrected chi connectivity index (χ2v) is 5.04. The fraction of sp³-hybridized carbons (Fsp3) is 0.222. The molecule has 0 spiro atoms. The summed E-state index contributed by atoms with van der Waals surface area (Å²) in [5.74, 6) is 0.798. The molecule has 3 aromatic rings. The molecule has 0 fully saturated rings. The van der Waals surface area contributed by atoms with Gasteiger partial charge in [-0.3, -0.25) is 4.79 Å². The van der Waals surface area contributed by atoms with Gasteiger partial charge in [-0.25, -0.2) is 4.68 Å². The van der Waals surface area contributed by atoms with Gasteiger partial charge in [0.25, 0.3) is 5.56 Å². The van der Waals surface area contributed by atoms with Gasteiger partial charge in [0.05, 0.1) is 17.6 Å². The molecular formula is C18H18N2O2.